The quantitative estimate of drug-likeness (QED) is 0.851. The Hall–Kier alpha value is -2.29. The number of anilines is 1. The number of nitrogens with zero attached hydrogens (tertiary/aromatic N) is 2. The molecule has 0 atom stereocenters. The van der Waals surface area contributed by atoms with Crippen LogP contribution in [0.3, 0.4) is 0 Å². The number of hydrogen-bond donors (Lipinski definition) is 0. The van der Waals surface area contributed by atoms with Crippen molar-refractivity contribution in [1.29, 1.82) is 0 Å². The van der Waals surface area contributed by atoms with Gasteiger partial charge in [-0.25, -0.2) is 0 Å². The third kappa shape index (κ3) is 3.18. The number of rotatable bonds is 4. The van der Waals surface area contributed by atoms with Crippen molar-refractivity contribution in [2.75, 3.05) is 26.0 Å². The van der Waals surface area contributed by atoms with Crippen molar-refractivity contribution in [3.05, 3.63) is 65.7 Å². The molecule has 2 rings (SSSR count). The van der Waals surface area contributed by atoms with Crippen LogP contribution in [-0.2, 0) is 6.54 Å². The average molecular weight is 268 g/mol. The Bertz CT molecular complexity index is 579. The summed E-state index contributed by atoms with van der Waals surface area (Å²) in [7, 11) is 5.73. The van der Waals surface area contributed by atoms with Gasteiger partial charge in [0.15, 0.2) is 0 Å². The van der Waals surface area contributed by atoms with E-state index in [1.807, 2.05) is 80.6 Å². The third-order valence-electron chi connectivity index (χ3n) is 3.23. The van der Waals surface area contributed by atoms with Crippen LogP contribution >= 0.6 is 0 Å². The van der Waals surface area contributed by atoms with Gasteiger partial charge in [0.05, 0.1) is 5.56 Å². The first-order chi connectivity index (χ1) is 9.59. The minimum Gasteiger partial charge on any atom is -0.377 e. The average Bonchev–Trinajstić information content (AvgIpc) is 2.47. The predicted molar refractivity (Wildman–Crippen MR) is 83.0 cm³/mol. The Morgan fingerprint density at radius 3 is 2.15 bits per heavy atom. The summed E-state index contributed by atoms with van der Waals surface area (Å²) in [5.74, 6) is 0.0400. The van der Waals surface area contributed by atoms with Crippen LogP contribution in [0.4, 0.5) is 5.69 Å². The standard InChI is InChI=1S/C17H20N2O/c1-18(2)16-12-8-7-11-15(16)17(20)19(3)13-14-9-5-4-6-10-14/h4-12H,13H2,1-3H3. The van der Waals surface area contributed by atoms with Crippen molar-refractivity contribution in [2.45, 2.75) is 6.54 Å². The molecule has 104 valence electrons. The van der Waals surface area contributed by atoms with Gasteiger partial charge < -0.3 is 9.80 Å². The molecule has 1 amide bonds. The number of para-hydroxylation sites is 1. The van der Waals surface area contributed by atoms with E-state index < -0.39 is 0 Å². The van der Waals surface area contributed by atoms with Gasteiger partial charge in [-0.15, -0.1) is 0 Å². The number of carbonyl (C=O) groups excluding carboxylic acids is 1. The fourth-order valence-corrected chi connectivity index (χ4v) is 2.18. The molecule has 0 N–H and O–H groups in total. The van der Waals surface area contributed by atoms with Gasteiger partial charge in [-0.05, 0) is 17.7 Å². The summed E-state index contributed by atoms with van der Waals surface area (Å²) in [4.78, 5) is 16.3. The Morgan fingerprint density at radius 2 is 1.50 bits per heavy atom. The van der Waals surface area contributed by atoms with Gasteiger partial charge >= 0.3 is 0 Å². The zero-order valence-corrected chi connectivity index (χ0v) is 12.2. The van der Waals surface area contributed by atoms with E-state index in [2.05, 4.69) is 0 Å². The predicted octanol–water partition coefficient (Wildman–Crippen LogP) is 3.02. The Kier molecular flexibility index (Phi) is 4.41. The zero-order chi connectivity index (χ0) is 14.5. The Labute approximate surface area is 120 Å². The first-order valence-corrected chi connectivity index (χ1v) is 6.65. The Balaban J connectivity index is 2.19. The fourth-order valence-electron chi connectivity index (χ4n) is 2.18. The first-order valence-electron chi connectivity index (χ1n) is 6.65. The summed E-state index contributed by atoms with van der Waals surface area (Å²) < 4.78 is 0. The largest absolute Gasteiger partial charge is 0.377 e. The molecule has 3 nitrogen and oxygen atoms in total. The first kappa shape index (κ1) is 14.1. The second-order valence-corrected chi connectivity index (χ2v) is 5.06. The minimum absolute atomic E-state index is 0.0400. The van der Waals surface area contributed by atoms with Crippen LogP contribution in [-0.4, -0.2) is 32.0 Å². The molecular formula is C17H20N2O. The summed E-state index contributed by atoms with van der Waals surface area (Å²) in [6, 6.07) is 17.7. The highest BCUT2D eigenvalue weighted by atomic mass is 16.2. The SMILES string of the molecule is CN(Cc1ccccc1)C(=O)c1ccccc1N(C)C. The molecule has 0 saturated carbocycles. The van der Waals surface area contributed by atoms with E-state index in [1.165, 1.54) is 0 Å². The van der Waals surface area contributed by atoms with Crippen LogP contribution in [0.15, 0.2) is 54.6 Å². The molecule has 0 bridgehead atoms. The maximum atomic E-state index is 12.6. The number of hydrogen-bond acceptors (Lipinski definition) is 2. The molecule has 0 aliphatic rings. The maximum Gasteiger partial charge on any atom is 0.255 e. The number of carbonyl (C=O) groups is 1. The summed E-state index contributed by atoms with van der Waals surface area (Å²) in [6.45, 7) is 0.613. The summed E-state index contributed by atoms with van der Waals surface area (Å²) in [5, 5.41) is 0. The van der Waals surface area contributed by atoms with Crippen molar-refractivity contribution in [1.82, 2.24) is 4.90 Å². The van der Waals surface area contributed by atoms with Crippen molar-refractivity contribution in [2.24, 2.45) is 0 Å². The smallest absolute Gasteiger partial charge is 0.255 e. The lowest BCUT2D eigenvalue weighted by atomic mass is 10.1. The summed E-state index contributed by atoms with van der Waals surface area (Å²) in [6.07, 6.45) is 0. The summed E-state index contributed by atoms with van der Waals surface area (Å²) in [5.41, 5.74) is 2.80. The molecule has 20 heavy (non-hydrogen) atoms. The molecule has 0 aromatic heterocycles. The maximum absolute atomic E-state index is 12.6. The molecule has 0 spiro atoms. The van der Waals surface area contributed by atoms with Crippen LogP contribution in [0.25, 0.3) is 0 Å². The molecule has 2 aromatic carbocycles. The highest BCUT2D eigenvalue weighted by molar-refractivity contribution is 5.99. The molecule has 0 fully saturated rings. The molecule has 0 aliphatic carbocycles. The fraction of sp³-hybridized carbons (Fsp3) is 0.235. The highest BCUT2D eigenvalue weighted by Gasteiger charge is 2.16. The lowest BCUT2D eigenvalue weighted by molar-refractivity contribution is 0.0786. The van der Waals surface area contributed by atoms with E-state index in [9.17, 15) is 4.79 Å². The van der Waals surface area contributed by atoms with Crippen LogP contribution < -0.4 is 4.90 Å². The second kappa shape index (κ2) is 6.24. The number of amides is 1. The van der Waals surface area contributed by atoms with Gasteiger partial charge in [0.25, 0.3) is 5.91 Å². The summed E-state index contributed by atoms with van der Waals surface area (Å²) >= 11 is 0. The monoisotopic (exact) mass is 268 g/mol. The van der Waals surface area contributed by atoms with E-state index in [1.54, 1.807) is 4.90 Å². The normalized spacial score (nSPS) is 10.2. The molecule has 0 saturated heterocycles. The van der Waals surface area contributed by atoms with E-state index in [4.69, 9.17) is 0 Å². The van der Waals surface area contributed by atoms with E-state index >= 15 is 0 Å². The van der Waals surface area contributed by atoms with Crippen molar-refractivity contribution < 1.29 is 4.79 Å². The molecule has 0 heterocycles. The lowest BCUT2D eigenvalue weighted by Crippen LogP contribution is -2.28. The topological polar surface area (TPSA) is 23.6 Å². The second-order valence-electron chi connectivity index (χ2n) is 5.06. The van der Waals surface area contributed by atoms with E-state index in [0.29, 0.717) is 6.54 Å². The van der Waals surface area contributed by atoms with Crippen LogP contribution in [0.1, 0.15) is 15.9 Å². The lowest BCUT2D eigenvalue weighted by Gasteiger charge is -2.22. The van der Waals surface area contributed by atoms with Crippen molar-refractivity contribution in [3.63, 3.8) is 0 Å². The third-order valence-corrected chi connectivity index (χ3v) is 3.23. The van der Waals surface area contributed by atoms with Gasteiger partial charge in [-0.2, -0.15) is 0 Å². The molecule has 3 heteroatoms. The van der Waals surface area contributed by atoms with Crippen LogP contribution in [0.5, 0.6) is 0 Å². The minimum atomic E-state index is 0.0400. The van der Waals surface area contributed by atoms with E-state index in [0.717, 1.165) is 16.8 Å². The molecule has 2 aromatic rings. The molecule has 0 radical (unpaired) electrons. The van der Waals surface area contributed by atoms with Gasteiger partial charge in [0.1, 0.15) is 0 Å². The van der Waals surface area contributed by atoms with Gasteiger partial charge in [-0.3, -0.25) is 4.79 Å². The zero-order valence-electron chi connectivity index (χ0n) is 12.2. The molecule has 0 unspecified atom stereocenters. The number of benzene rings is 2. The molecule has 0 aliphatic heterocycles. The van der Waals surface area contributed by atoms with Gasteiger partial charge in [0.2, 0.25) is 0 Å². The van der Waals surface area contributed by atoms with Gasteiger partial charge in [0, 0.05) is 33.4 Å². The van der Waals surface area contributed by atoms with Crippen molar-refractivity contribution in [3.8, 4) is 0 Å². The Morgan fingerprint density at radius 1 is 0.900 bits per heavy atom. The van der Waals surface area contributed by atoms with Crippen LogP contribution in [0, 0.1) is 0 Å². The van der Waals surface area contributed by atoms with Crippen molar-refractivity contribution >= 4 is 11.6 Å². The highest BCUT2D eigenvalue weighted by Crippen LogP contribution is 2.20. The van der Waals surface area contributed by atoms with Gasteiger partial charge in [-0.1, -0.05) is 42.5 Å². The van der Waals surface area contributed by atoms with Crippen LogP contribution in [0.2, 0.25) is 0 Å². The molecular weight excluding hydrogens is 248 g/mol. The van der Waals surface area contributed by atoms with E-state index in [-0.39, 0.29) is 5.91 Å².